The molecule has 4 nitrogen and oxygen atoms in total. The van der Waals surface area contributed by atoms with Gasteiger partial charge in [0.05, 0.1) is 5.75 Å². The third-order valence-electron chi connectivity index (χ3n) is 3.92. The van der Waals surface area contributed by atoms with Crippen LogP contribution in [0.1, 0.15) is 5.56 Å². The number of amides is 2. The fraction of sp³-hybridized carbons (Fsp3) is 0.150. The van der Waals surface area contributed by atoms with Crippen molar-refractivity contribution in [2.24, 2.45) is 0 Å². The van der Waals surface area contributed by atoms with Gasteiger partial charge in [0.2, 0.25) is 11.8 Å². The second-order valence-corrected chi connectivity index (χ2v) is 7.32. The van der Waals surface area contributed by atoms with Gasteiger partial charge in [0.25, 0.3) is 0 Å². The minimum absolute atomic E-state index is 0.00305. The number of carbonyl (C=O) groups is 2. The minimum Gasteiger partial charge on any atom is -0.351 e. The zero-order valence-electron chi connectivity index (χ0n) is 14.1. The summed E-state index contributed by atoms with van der Waals surface area (Å²) >= 11 is 6.46. The number of carbonyl (C=O) groups excluding carboxylic acids is 2. The SMILES string of the molecule is O=C(/C=C/c1ccc(-c2ccccc2)cc1)NCCN1C(=O)CSC1=S. The van der Waals surface area contributed by atoms with Crippen LogP contribution in [-0.2, 0) is 9.59 Å². The number of benzene rings is 2. The lowest BCUT2D eigenvalue weighted by molar-refractivity contribution is -0.124. The molecule has 0 radical (unpaired) electrons. The Bertz CT molecular complexity index is 817. The van der Waals surface area contributed by atoms with Crippen LogP contribution in [0.2, 0.25) is 0 Å². The molecule has 0 unspecified atom stereocenters. The van der Waals surface area contributed by atoms with Crippen LogP contribution < -0.4 is 5.32 Å². The molecule has 1 N–H and O–H groups in total. The maximum Gasteiger partial charge on any atom is 0.244 e. The van der Waals surface area contributed by atoms with Crippen molar-refractivity contribution in [1.29, 1.82) is 0 Å². The molecule has 1 aliphatic rings. The van der Waals surface area contributed by atoms with Crippen molar-refractivity contribution < 1.29 is 9.59 Å². The summed E-state index contributed by atoms with van der Waals surface area (Å²) in [4.78, 5) is 25.0. The molecule has 1 aliphatic heterocycles. The summed E-state index contributed by atoms with van der Waals surface area (Å²) in [6.45, 7) is 0.790. The van der Waals surface area contributed by atoms with Crippen molar-refractivity contribution in [3.63, 3.8) is 0 Å². The standard InChI is InChI=1S/C20H18N2O2S2/c23-18(21-12-13-22-19(24)14-26-20(22)25)11-8-15-6-9-17(10-7-15)16-4-2-1-3-5-16/h1-11H,12-14H2,(H,21,23)/b11-8+. The van der Waals surface area contributed by atoms with Crippen molar-refractivity contribution in [1.82, 2.24) is 10.2 Å². The van der Waals surface area contributed by atoms with Gasteiger partial charge in [-0.25, -0.2) is 0 Å². The van der Waals surface area contributed by atoms with Crippen LogP contribution >= 0.6 is 24.0 Å². The van der Waals surface area contributed by atoms with E-state index in [1.165, 1.54) is 22.7 Å². The zero-order chi connectivity index (χ0) is 18.4. The third-order valence-corrected chi connectivity index (χ3v) is 5.35. The largest absolute Gasteiger partial charge is 0.351 e. The smallest absolute Gasteiger partial charge is 0.244 e. The predicted octanol–water partition coefficient (Wildman–Crippen LogP) is 3.34. The molecule has 0 bridgehead atoms. The summed E-state index contributed by atoms with van der Waals surface area (Å²) in [5, 5.41) is 2.77. The highest BCUT2D eigenvalue weighted by Gasteiger charge is 2.25. The van der Waals surface area contributed by atoms with Crippen LogP contribution in [0.4, 0.5) is 0 Å². The molecule has 2 aromatic carbocycles. The monoisotopic (exact) mass is 382 g/mol. The summed E-state index contributed by atoms with van der Waals surface area (Å²) < 4.78 is 0.582. The second-order valence-electron chi connectivity index (χ2n) is 5.71. The first-order chi connectivity index (χ1) is 12.6. The van der Waals surface area contributed by atoms with Crippen LogP contribution in [0.5, 0.6) is 0 Å². The molecule has 1 heterocycles. The van der Waals surface area contributed by atoms with Gasteiger partial charge in [0.1, 0.15) is 4.32 Å². The first kappa shape index (κ1) is 18.4. The van der Waals surface area contributed by atoms with Gasteiger partial charge >= 0.3 is 0 Å². The molecule has 0 saturated carbocycles. The van der Waals surface area contributed by atoms with Crippen LogP contribution in [0.25, 0.3) is 17.2 Å². The zero-order valence-corrected chi connectivity index (χ0v) is 15.7. The van der Waals surface area contributed by atoms with E-state index in [0.29, 0.717) is 23.2 Å². The quantitative estimate of drug-likeness (QED) is 0.615. The summed E-state index contributed by atoms with van der Waals surface area (Å²) in [6.07, 6.45) is 3.27. The van der Waals surface area contributed by atoms with E-state index < -0.39 is 0 Å². The molecule has 2 aromatic rings. The molecular weight excluding hydrogens is 364 g/mol. The topological polar surface area (TPSA) is 49.4 Å². The predicted molar refractivity (Wildman–Crippen MR) is 111 cm³/mol. The van der Waals surface area contributed by atoms with E-state index in [-0.39, 0.29) is 11.8 Å². The molecule has 0 spiro atoms. The number of hydrogen-bond acceptors (Lipinski definition) is 4. The van der Waals surface area contributed by atoms with Gasteiger partial charge in [-0.3, -0.25) is 14.5 Å². The lowest BCUT2D eigenvalue weighted by Crippen LogP contribution is -2.36. The van der Waals surface area contributed by atoms with E-state index in [1.807, 2.05) is 42.5 Å². The average molecular weight is 383 g/mol. The van der Waals surface area contributed by atoms with Crippen molar-refractivity contribution in [2.45, 2.75) is 0 Å². The van der Waals surface area contributed by atoms with Crippen LogP contribution in [0.15, 0.2) is 60.7 Å². The average Bonchev–Trinajstić information content (AvgIpc) is 2.99. The van der Waals surface area contributed by atoms with Gasteiger partial charge in [-0.2, -0.15) is 0 Å². The van der Waals surface area contributed by atoms with Gasteiger partial charge in [0.15, 0.2) is 0 Å². The molecule has 3 rings (SSSR count). The number of hydrogen-bond donors (Lipinski definition) is 1. The summed E-state index contributed by atoms with van der Waals surface area (Å²) in [5.74, 6) is 0.205. The van der Waals surface area contributed by atoms with Gasteiger partial charge < -0.3 is 5.32 Å². The van der Waals surface area contributed by atoms with Crippen LogP contribution in [-0.4, -0.2) is 39.9 Å². The maximum atomic E-state index is 11.9. The molecule has 0 atom stereocenters. The van der Waals surface area contributed by atoms with E-state index in [2.05, 4.69) is 17.4 Å². The molecule has 26 heavy (non-hydrogen) atoms. The maximum absolute atomic E-state index is 11.9. The first-order valence-electron chi connectivity index (χ1n) is 8.22. The Morgan fingerprint density at radius 3 is 2.46 bits per heavy atom. The highest BCUT2D eigenvalue weighted by atomic mass is 32.2. The highest BCUT2D eigenvalue weighted by Crippen LogP contribution is 2.20. The number of nitrogens with zero attached hydrogens (tertiary/aromatic N) is 1. The Kier molecular flexibility index (Phi) is 6.20. The molecule has 132 valence electrons. The molecule has 6 heteroatoms. The fourth-order valence-electron chi connectivity index (χ4n) is 2.54. The van der Waals surface area contributed by atoms with Crippen LogP contribution in [0, 0.1) is 0 Å². The Balaban J connectivity index is 1.49. The van der Waals surface area contributed by atoms with Crippen LogP contribution in [0.3, 0.4) is 0 Å². The van der Waals surface area contributed by atoms with E-state index in [4.69, 9.17) is 12.2 Å². The van der Waals surface area contributed by atoms with E-state index >= 15 is 0 Å². The van der Waals surface area contributed by atoms with Crippen molar-refractivity contribution in [3.8, 4) is 11.1 Å². The molecular formula is C20H18N2O2S2. The summed E-state index contributed by atoms with van der Waals surface area (Å²) in [5.41, 5.74) is 3.25. The Labute approximate surface area is 162 Å². The van der Waals surface area contributed by atoms with Gasteiger partial charge in [-0.1, -0.05) is 78.6 Å². The summed E-state index contributed by atoms with van der Waals surface area (Å²) in [6, 6.07) is 18.2. The normalized spacial score (nSPS) is 14.2. The third kappa shape index (κ3) is 4.80. The highest BCUT2D eigenvalue weighted by molar-refractivity contribution is 8.23. The first-order valence-corrected chi connectivity index (χ1v) is 9.61. The van der Waals surface area contributed by atoms with Crippen molar-refractivity contribution in [3.05, 3.63) is 66.2 Å². The van der Waals surface area contributed by atoms with Gasteiger partial charge in [-0.05, 0) is 22.8 Å². The summed E-state index contributed by atoms with van der Waals surface area (Å²) in [7, 11) is 0. The molecule has 2 amide bonds. The molecule has 0 aromatic heterocycles. The van der Waals surface area contributed by atoms with Gasteiger partial charge in [-0.15, -0.1) is 0 Å². The lowest BCUT2D eigenvalue weighted by atomic mass is 10.0. The fourth-order valence-corrected chi connectivity index (χ4v) is 3.66. The van der Waals surface area contributed by atoms with E-state index in [1.54, 1.807) is 6.08 Å². The van der Waals surface area contributed by atoms with E-state index in [9.17, 15) is 9.59 Å². The van der Waals surface area contributed by atoms with Crippen molar-refractivity contribution in [2.75, 3.05) is 18.8 Å². The lowest BCUT2D eigenvalue weighted by Gasteiger charge is -2.14. The second kappa shape index (κ2) is 8.78. The molecule has 1 saturated heterocycles. The Morgan fingerprint density at radius 1 is 1.12 bits per heavy atom. The Hall–Kier alpha value is -2.44. The number of thioether (sulfide) groups is 1. The Morgan fingerprint density at radius 2 is 1.81 bits per heavy atom. The van der Waals surface area contributed by atoms with Gasteiger partial charge in [0, 0.05) is 19.2 Å². The number of thiocarbonyl (C=S) groups is 1. The van der Waals surface area contributed by atoms with Crippen molar-refractivity contribution >= 4 is 46.2 Å². The minimum atomic E-state index is -0.192. The molecule has 0 aliphatic carbocycles. The number of nitrogens with one attached hydrogen (secondary N) is 1. The van der Waals surface area contributed by atoms with E-state index in [0.717, 1.165) is 16.7 Å². The molecule has 1 fully saturated rings. The number of rotatable bonds is 6.